The van der Waals surface area contributed by atoms with Crippen molar-refractivity contribution in [3.8, 4) is 5.69 Å². The summed E-state index contributed by atoms with van der Waals surface area (Å²) in [4.78, 5) is 38.1. The van der Waals surface area contributed by atoms with Gasteiger partial charge in [-0.25, -0.2) is 4.79 Å². The van der Waals surface area contributed by atoms with Gasteiger partial charge in [-0.2, -0.15) is 9.78 Å². The van der Waals surface area contributed by atoms with E-state index in [2.05, 4.69) is 17.3 Å². The molecule has 1 aliphatic carbocycles. The zero-order valence-electron chi connectivity index (χ0n) is 17.4. The Morgan fingerprint density at radius 2 is 1.71 bits per heavy atom. The molecule has 1 aliphatic rings. The topological polar surface area (TPSA) is 90.3 Å². The first-order chi connectivity index (χ1) is 15.0. The van der Waals surface area contributed by atoms with Gasteiger partial charge < -0.3 is 10.1 Å². The number of fused-ring (bicyclic) bond motifs is 1. The van der Waals surface area contributed by atoms with Gasteiger partial charge in [0.1, 0.15) is 0 Å². The van der Waals surface area contributed by atoms with Gasteiger partial charge in [0.05, 0.1) is 11.1 Å². The molecular weight excluding hydrogens is 394 g/mol. The van der Waals surface area contributed by atoms with Gasteiger partial charge in [0.15, 0.2) is 12.3 Å². The number of hydrogen-bond donors (Lipinski definition) is 1. The molecule has 1 heterocycles. The number of carbonyl (C=O) groups excluding carboxylic acids is 2. The van der Waals surface area contributed by atoms with Crippen molar-refractivity contribution in [1.29, 1.82) is 0 Å². The summed E-state index contributed by atoms with van der Waals surface area (Å²) < 4.78 is 6.46. The number of hydrogen-bond acceptors (Lipinski definition) is 5. The molecule has 0 saturated heterocycles. The standard InChI is InChI=1S/C24H25N3O4/c1-16-9-5-8-14-20(16)25-21(28)15-31-24(30)22-18-12-6-7-13-19(18)23(29)27(26-22)17-10-3-2-4-11-17/h2-4,6-7,10-13,16,20H,5,8-9,14-15H2,1H3,(H,25,28). The van der Waals surface area contributed by atoms with Gasteiger partial charge in [0.2, 0.25) is 0 Å². The van der Waals surface area contributed by atoms with E-state index in [-0.39, 0.29) is 29.8 Å². The second-order valence-electron chi connectivity index (χ2n) is 7.96. The Hall–Kier alpha value is -3.48. The number of ether oxygens (including phenoxy) is 1. The minimum atomic E-state index is -0.743. The minimum Gasteiger partial charge on any atom is -0.451 e. The third-order valence-electron chi connectivity index (χ3n) is 5.79. The van der Waals surface area contributed by atoms with Crippen molar-refractivity contribution >= 4 is 22.6 Å². The average molecular weight is 419 g/mol. The average Bonchev–Trinajstić information content (AvgIpc) is 2.80. The molecule has 7 heteroatoms. The molecule has 0 spiro atoms. The molecule has 1 amide bonds. The van der Waals surface area contributed by atoms with Gasteiger partial charge in [-0.15, -0.1) is 0 Å². The molecule has 1 aromatic heterocycles. The van der Waals surface area contributed by atoms with Crippen LogP contribution in [0.5, 0.6) is 0 Å². The Kier molecular flexibility index (Phi) is 6.11. The van der Waals surface area contributed by atoms with Crippen LogP contribution < -0.4 is 10.9 Å². The predicted octanol–water partition coefficient (Wildman–Crippen LogP) is 3.24. The molecule has 0 bridgehead atoms. The summed E-state index contributed by atoms with van der Waals surface area (Å²) >= 11 is 0. The first-order valence-corrected chi connectivity index (χ1v) is 10.6. The van der Waals surface area contributed by atoms with Crippen LogP contribution >= 0.6 is 0 Å². The Labute approximate surface area is 180 Å². The zero-order valence-corrected chi connectivity index (χ0v) is 17.4. The molecule has 3 aromatic rings. The molecule has 2 aromatic carbocycles. The normalized spacial score (nSPS) is 18.5. The van der Waals surface area contributed by atoms with Crippen LogP contribution in [0.15, 0.2) is 59.4 Å². The van der Waals surface area contributed by atoms with Crippen molar-refractivity contribution in [3.63, 3.8) is 0 Å². The van der Waals surface area contributed by atoms with E-state index in [1.165, 1.54) is 11.1 Å². The summed E-state index contributed by atoms with van der Waals surface area (Å²) in [6.45, 7) is 1.74. The molecule has 31 heavy (non-hydrogen) atoms. The number of rotatable bonds is 5. The predicted molar refractivity (Wildman–Crippen MR) is 117 cm³/mol. The minimum absolute atomic E-state index is 0.00196. The van der Waals surface area contributed by atoms with E-state index in [4.69, 9.17) is 4.74 Å². The van der Waals surface area contributed by atoms with E-state index in [1.807, 2.05) is 6.07 Å². The summed E-state index contributed by atoms with van der Waals surface area (Å²) in [5.74, 6) is -0.658. The van der Waals surface area contributed by atoms with E-state index in [0.29, 0.717) is 22.4 Å². The van der Waals surface area contributed by atoms with E-state index in [9.17, 15) is 14.4 Å². The molecule has 4 rings (SSSR count). The first kappa shape index (κ1) is 20.8. The lowest BCUT2D eigenvalue weighted by Gasteiger charge is -2.29. The largest absolute Gasteiger partial charge is 0.451 e. The summed E-state index contributed by atoms with van der Waals surface area (Å²) in [5, 5.41) is 7.99. The van der Waals surface area contributed by atoms with Crippen LogP contribution in [0.2, 0.25) is 0 Å². The van der Waals surface area contributed by atoms with Crippen molar-refractivity contribution in [1.82, 2.24) is 15.1 Å². The Balaban J connectivity index is 1.57. The lowest BCUT2D eigenvalue weighted by Crippen LogP contribution is -2.43. The lowest BCUT2D eigenvalue weighted by atomic mass is 9.86. The van der Waals surface area contributed by atoms with Gasteiger partial charge in [-0.1, -0.05) is 56.2 Å². The molecule has 1 fully saturated rings. The maximum atomic E-state index is 12.9. The van der Waals surface area contributed by atoms with Crippen LogP contribution in [0, 0.1) is 5.92 Å². The van der Waals surface area contributed by atoms with Crippen molar-refractivity contribution in [2.45, 2.75) is 38.6 Å². The maximum Gasteiger partial charge on any atom is 0.359 e. The van der Waals surface area contributed by atoms with Crippen LogP contribution in [0.4, 0.5) is 0 Å². The van der Waals surface area contributed by atoms with Crippen LogP contribution in [0.25, 0.3) is 16.5 Å². The molecule has 1 N–H and O–H groups in total. The lowest BCUT2D eigenvalue weighted by molar-refractivity contribution is -0.125. The highest BCUT2D eigenvalue weighted by Crippen LogP contribution is 2.23. The van der Waals surface area contributed by atoms with Crippen molar-refractivity contribution < 1.29 is 14.3 Å². The summed E-state index contributed by atoms with van der Waals surface area (Å²) in [5.41, 5.74) is 0.205. The molecule has 1 saturated carbocycles. The fourth-order valence-electron chi connectivity index (χ4n) is 4.06. The highest BCUT2D eigenvalue weighted by molar-refractivity contribution is 6.02. The Morgan fingerprint density at radius 3 is 2.45 bits per heavy atom. The number of aromatic nitrogens is 2. The van der Waals surface area contributed by atoms with Gasteiger partial charge in [0.25, 0.3) is 11.5 Å². The number of carbonyl (C=O) groups is 2. The molecule has 7 nitrogen and oxygen atoms in total. The van der Waals surface area contributed by atoms with Crippen LogP contribution in [-0.4, -0.2) is 34.3 Å². The second-order valence-corrected chi connectivity index (χ2v) is 7.96. The zero-order chi connectivity index (χ0) is 21.8. The third-order valence-corrected chi connectivity index (χ3v) is 5.79. The monoisotopic (exact) mass is 419 g/mol. The fraction of sp³-hybridized carbons (Fsp3) is 0.333. The van der Waals surface area contributed by atoms with Crippen molar-refractivity contribution in [2.24, 2.45) is 5.92 Å². The van der Waals surface area contributed by atoms with E-state index < -0.39 is 5.97 Å². The SMILES string of the molecule is CC1CCCCC1NC(=O)COC(=O)c1nn(-c2ccccc2)c(=O)c2ccccc12. The smallest absolute Gasteiger partial charge is 0.359 e. The highest BCUT2D eigenvalue weighted by Gasteiger charge is 2.24. The van der Waals surface area contributed by atoms with Crippen LogP contribution in [0.1, 0.15) is 43.1 Å². The number of benzene rings is 2. The maximum absolute atomic E-state index is 12.9. The van der Waals surface area contributed by atoms with Crippen molar-refractivity contribution in [2.75, 3.05) is 6.61 Å². The van der Waals surface area contributed by atoms with Crippen LogP contribution in [-0.2, 0) is 9.53 Å². The number of esters is 1. The van der Waals surface area contributed by atoms with E-state index >= 15 is 0 Å². The van der Waals surface area contributed by atoms with Gasteiger partial charge in [-0.05, 0) is 37.0 Å². The number of nitrogens with zero attached hydrogens (tertiary/aromatic N) is 2. The quantitative estimate of drug-likeness (QED) is 0.641. The number of para-hydroxylation sites is 1. The molecule has 2 unspecified atom stereocenters. The van der Waals surface area contributed by atoms with Crippen LogP contribution in [0.3, 0.4) is 0 Å². The van der Waals surface area contributed by atoms with E-state index in [1.54, 1.807) is 48.5 Å². The number of nitrogens with one attached hydrogen (secondary N) is 1. The van der Waals surface area contributed by atoms with Gasteiger partial charge >= 0.3 is 5.97 Å². The summed E-state index contributed by atoms with van der Waals surface area (Å²) in [6.07, 6.45) is 4.29. The molecule has 160 valence electrons. The summed E-state index contributed by atoms with van der Waals surface area (Å²) in [7, 11) is 0. The number of amides is 1. The first-order valence-electron chi connectivity index (χ1n) is 10.6. The molecule has 0 radical (unpaired) electrons. The molecular formula is C24H25N3O4. The highest BCUT2D eigenvalue weighted by atomic mass is 16.5. The third kappa shape index (κ3) is 4.50. The van der Waals surface area contributed by atoms with Crippen molar-refractivity contribution in [3.05, 3.63) is 70.6 Å². The molecule has 0 aliphatic heterocycles. The van der Waals surface area contributed by atoms with E-state index in [0.717, 1.165) is 19.3 Å². The Morgan fingerprint density at radius 1 is 1.03 bits per heavy atom. The molecule has 2 atom stereocenters. The van der Waals surface area contributed by atoms with Gasteiger partial charge in [-0.3, -0.25) is 9.59 Å². The fourth-order valence-corrected chi connectivity index (χ4v) is 4.06. The summed E-state index contributed by atoms with van der Waals surface area (Å²) in [6, 6.07) is 15.7. The van der Waals surface area contributed by atoms with Gasteiger partial charge in [0, 0.05) is 11.4 Å². The second kappa shape index (κ2) is 9.12. The Bertz CT molecular complexity index is 1160.